The first-order chi connectivity index (χ1) is 10.2. The third-order valence-electron chi connectivity index (χ3n) is 3.86. The highest BCUT2D eigenvalue weighted by Gasteiger charge is 2.28. The summed E-state index contributed by atoms with van der Waals surface area (Å²) in [7, 11) is 1.54. The molecule has 22 heavy (non-hydrogen) atoms. The van der Waals surface area contributed by atoms with Gasteiger partial charge in [-0.25, -0.2) is 4.79 Å². The van der Waals surface area contributed by atoms with Gasteiger partial charge in [-0.15, -0.1) is 0 Å². The third-order valence-corrected chi connectivity index (χ3v) is 3.86. The second-order valence-corrected chi connectivity index (χ2v) is 7.11. The van der Waals surface area contributed by atoms with E-state index in [0.717, 1.165) is 12.8 Å². The Morgan fingerprint density at radius 1 is 1.27 bits per heavy atom. The van der Waals surface area contributed by atoms with Gasteiger partial charge in [-0.2, -0.15) is 0 Å². The van der Waals surface area contributed by atoms with Crippen LogP contribution in [0.15, 0.2) is 0 Å². The van der Waals surface area contributed by atoms with Gasteiger partial charge in [-0.1, -0.05) is 19.3 Å². The zero-order valence-electron chi connectivity index (χ0n) is 14.4. The third kappa shape index (κ3) is 6.64. The molecule has 0 radical (unpaired) electrons. The van der Waals surface area contributed by atoms with Gasteiger partial charge in [0.2, 0.25) is 5.91 Å². The summed E-state index contributed by atoms with van der Waals surface area (Å²) in [5.74, 6) is 0.204. The van der Waals surface area contributed by atoms with Crippen molar-refractivity contribution >= 4 is 12.0 Å². The number of nitrogens with two attached hydrogens (primary N) is 1. The van der Waals surface area contributed by atoms with Crippen molar-refractivity contribution in [3.8, 4) is 0 Å². The monoisotopic (exact) mass is 313 g/mol. The molecule has 128 valence electrons. The highest BCUT2D eigenvalue weighted by atomic mass is 16.6. The fraction of sp³-hybridized carbons (Fsp3) is 0.875. The van der Waals surface area contributed by atoms with E-state index in [0.29, 0.717) is 12.5 Å². The molecule has 0 aliphatic heterocycles. The first kappa shape index (κ1) is 18.7. The molecule has 0 aromatic rings. The van der Waals surface area contributed by atoms with Gasteiger partial charge in [0.05, 0.1) is 0 Å². The summed E-state index contributed by atoms with van der Waals surface area (Å²) in [5, 5.41) is 2.52. The normalized spacial score (nSPS) is 17.7. The Morgan fingerprint density at radius 2 is 1.86 bits per heavy atom. The number of likely N-dealkylation sites (N-methyl/N-ethyl adjacent to an activating group) is 1. The number of nitrogens with zero attached hydrogens (tertiary/aromatic N) is 1. The van der Waals surface area contributed by atoms with Crippen molar-refractivity contribution in [2.24, 2.45) is 11.7 Å². The largest absolute Gasteiger partial charge is 0.444 e. The molecule has 0 bridgehead atoms. The van der Waals surface area contributed by atoms with Crippen LogP contribution in [0, 0.1) is 5.92 Å². The van der Waals surface area contributed by atoms with E-state index in [1.165, 1.54) is 19.3 Å². The van der Waals surface area contributed by atoms with Crippen molar-refractivity contribution in [2.45, 2.75) is 64.5 Å². The summed E-state index contributed by atoms with van der Waals surface area (Å²) in [4.78, 5) is 25.6. The lowest BCUT2D eigenvalue weighted by Crippen LogP contribution is -2.51. The van der Waals surface area contributed by atoms with E-state index >= 15 is 0 Å². The number of carbonyl (C=O) groups is 2. The zero-order valence-corrected chi connectivity index (χ0v) is 14.4. The predicted octanol–water partition coefficient (Wildman–Crippen LogP) is 1.88. The Morgan fingerprint density at radius 3 is 2.36 bits per heavy atom. The van der Waals surface area contributed by atoms with Crippen LogP contribution in [-0.2, 0) is 9.53 Å². The molecule has 6 heteroatoms. The first-order valence-corrected chi connectivity index (χ1v) is 8.18. The number of carbonyl (C=O) groups excluding carboxylic acids is 2. The molecule has 0 aromatic heterocycles. The van der Waals surface area contributed by atoms with E-state index < -0.39 is 17.7 Å². The lowest BCUT2D eigenvalue weighted by atomic mass is 9.89. The van der Waals surface area contributed by atoms with Crippen molar-refractivity contribution in [1.82, 2.24) is 10.2 Å². The molecule has 0 heterocycles. The maximum Gasteiger partial charge on any atom is 0.410 e. The van der Waals surface area contributed by atoms with Gasteiger partial charge in [0.1, 0.15) is 11.6 Å². The minimum Gasteiger partial charge on any atom is -0.444 e. The van der Waals surface area contributed by atoms with Crippen LogP contribution in [0.25, 0.3) is 0 Å². The number of hydrogen-bond acceptors (Lipinski definition) is 4. The standard InChI is InChI=1S/C16H31N3O3/c1-16(2,3)22-15(21)19(11-13(17)14(20)18-4)10-12-8-6-5-7-9-12/h12-13H,5-11,17H2,1-4H3,(H,18,20). The maximum atomic E-state index is 12.4. The van der Waals surface area contributed by atoms with Crippen molar-refractivity contribution in [3.05, 3.63) is 0 Å². The average molecular weight is 313 g/mol. The molecule has 3 N–H and O–H groups in total. The number of hydrogen-bond donors (Lipinski definition) is 2. The van der Waals surface area contributed by atoms with Crippen LogP contribution in [-0.4, -0.2) is 48.7 Å². The van der Waals surface area contributed by atoms with Crippen LogP contribution in [0.4, 0.5) is 4.79 Å². The number of ether oxygens (including phenoxy) is 1. The summed E-state index contributed by atoms with van der Waals surface area (Å²) in [6.07, 6.45) is 5.52. The summed E-state index contributed by atoms with van der Waals surface area (Å²) in [6, 6.07) is -0.735. The Labute approximate surface area is 133 Å². The van der Waals surface area contributed by atoms with Crippen LogP contribution in [0.1, 0.15) is 52.9 Å². The molecule has 6 nitrogen and oxygen atoms in total. The van der Waals surface area contributed by atoms with Crippen LogP contribution in [0.3, 0.4) is 0 Å². The van der Waals surface area contributed by atoms with E-state index in [-0.39, 0.29) is 12.5 Å². The number of rotatable bonds is 5. The molecule has 2 amide bonds. The lowest BCUT2D eigenvalue weighted by molar-refractivity contribution is -0.122. The average Bonchev–Trinajstić information content (AvgIpc) is 2.44. The zero-order chi connectivity index (χ0) is 16.8. The molecule has 0 aromatic carbocycles. The molecule has 1 aliphatic carbocycles. The minimum atomic E-state index is -0.735. The molecule has 1 aliphatic rings. The smallest absolute Gasteiger partial charge is 0.410 e. The van der Waals surface area contributed by atoms with E-state index in [2.05, 4.69) is 5.32 Å². The van der Waals surface area contributed by atoms with Crippen LogP contribution in [0.2, 0.25) is 0 Å². The molecule has 0 spiro atoms. The van der Waals surface area contributed by atoms with Gasteiger partial charge < -0.3 is 20.7 Å². The van der Waals surface area contributed by atoms with Crippen molar-refractivity contribution in [3.63, 3.8) is 0 Å². The van der Waals surface area contributed by atoms with Gasteiger partial charge in [0.25, 0.3) is 0 Å². The van der Waals surface area contributed by atoms with Crippen molar-refractivity contribution in [2.75, 3.05) is 20.1 Å². The van der Waals surface area contributed by atoms with Crippen molar-refractivity contribution < 1.29 is 14.3 Å². The quantitative estimate of drug-likeness (QED) is 0.811. The molecule has 1 unspecified atom stereocenters. The fourth-order valence-electron chi connectivity index (χ4n) is 2.74. The summed E-state index contributed by atoms with van der Waals surface area (Å²) in [6.45, 7) is 6.30. The molecule has 1 atom stereocenters. The Bertz CT molecular complexity index is 373. The van der Waals surface area contributed by atoms with Gasteiger partial charge >= 0.3 is 6.09 Å². The topological polar surface area (TPSA) is 84.7 Å². The van der Waals surface area contributed by atoms with E-state index in [9.17, 15) is 9.59 Å². The summed E-state index contributed by atoms with van der Waals surface area (Å²) < 4.78 is 5.46. The highest BCUT2D eigenvalue weighted by Crippen LogP contribution is 2.25. The molecule has 1 fully saturated rings. The second kappa shape index (κ2) is 8.36. The second-order valence-electron chi connectivity index (χ2n) is 7.11. The Balaban J connectivity index is 2.70. The SMILES string of the molecule is CNC(=O)C(N)CN(CC1CCCCC1)C(=O)OC(C)(C)C. The van der Waals surface area contributed by atoms with Crippen LogP contribution in [0.5, 0.6) is 0 Å². The fourth-order valence-corrected chi connectivity index (χ4v) is 2.74. The summed E-state index contributed by atoms with van der Waals surface area (Å²) >= 11 is 0. The minimum absolute atomic E-state index is 0.186. The molecular formula is C16H31N3O3. The Hall–Kier alpha value is -1.30. The molecule has 1 rings (SSSR count). The molecular weight excluding hydrogens is 282 g/mol. The summed E-state index contributed by atoms with van der Waals surface area (Å²) in [5.41, 5.74) is 5.32. The van der Waals surface area contributed by atoms with Crippen molar-refractivity contribution in [1.29, 1.82) is 0 Å². The maximum absolute atomic E-state index is 12.4. The molecule has 1 saturated carbocycles. The molecule has 0 saturated heterocycles. The Kier molecular flexibility index (Phi) is 7.13. The highest BCUT2D eigenvalue weighted by molar-refractivity contribution is 5.82. The predicted molar refractivity (Wildman–Crippen MR) is 86.4 cm³/mol. The number of nitrogens with one attached hydrogen (secondary N) is 1. The lowest BCUT2D eigenvalue weighted by Gasteiger charge is -2.32. The van der Waals surface area contributed by atoms with E-state index in [1.807, 2.05) is 20.8 Å². The van der Waals surface area contributed by atoms with E-state index in [4.69, 9.17) is 10.5 Å². The van der Waals surface area contributed by atoms with E-state index in [1.54, 1.807) is 11.9 Å². The van der Waals surface area contributed by atoms with Gasteiger partial charge in [0, 0.05) is 20.1 Å². The first-order valence-electron chi connectivity index (χ1n) is 8.18. The van der Waals surface area contributed by atoms with Gasteiger partial charge in [-0.3, -0.25) is 4.79 Å². The van der Waals surface area contributed by atoms with Crippen LogP contribution < -0.4 is 11.1 Å². The van der Waals surface area contributed by atoms with Gasteiger partial charge in [0.15, 0.2) is 0 Å². The number of amides is 2. The van der Waals surface area contributed by atoms with Crippen LogP contribution >= 0.6 is 0 Å². The van der Waals surface area contributed by atoms with Gasteiger partial charge in [-0.05, 0) is 39.5 Å².